The molecule has 1 aliphatic rings. The fourth-order valence-corrected chi connectivity index (χ4v) is 3.66. The minimum absolute atomic E-state index is 0.0205. The SMILES string of the molecule is COC(=O)c1ccc(CN(C)C(=O)[C@@H]2CC(=O)N(c3cccc(C)c3C)C2)cc1. The largest absolute Gasteiger partial charge is 0.465 e. The first kappa shape index (κ1) is 20.6. The average Bonchev–Trinajstić information content (AvgIpc) is 3.10. The minimum Gasteiger partial charge on any atom is -0.465 e. The Morgan fingerprint density at radius 2 is 1.83 bits per heavy atom. The van der Waals surface area contributed by atoms with Crippen LogP contribution in [0.15, 0.2) is 42.5 Å². The Balaban J connectivity index is 1.66. The van der Waals surface area contributed by atoms with Crippen molar-refractivity contribution in [3.63, 3.8) is 0 Å². The maximum atomic E-state index is 12.9. The van der Waals surface area contributed by atoms with E-state index in [2.05, 4.69) is 0 Å². The predicted octanol–water partition coefficient (Wildman–Crippen LogP) is 3.10. The van der Waals surface area contributed by atoms with Crippen LogP contribution in [0.3, 0.4) is 0 Å². The van der Waals surface area contributed by atoms with E-state index in [1.807, 2.05) is 32.0 Å². The molecule has 0 aliphatic carbocycles. The van der Waals surface area contributed by atoms with E-state index < -0.39 is 5.97 Å². The third-order valence-corrected chi connectivity index (χ3v) is 5.51. The zero-order chi connectivity index (χ0) is 21.1. The van der Waals surface area contributed by atoms with Crippen molar-refractivity contribution in [2.24, 2.45) is 5.92 Å². The number of hydrogen-bond acceptors (Lipinski definition) is 4. The molecule has 1 heterocycles. The van der Waals surface area contributed by atoms with Gasteiger partial charge in [0.05, 0.1) is 18.6 Å². The van der Waals surface area contributed by atoms with Gasteiger partial charge in [-0.1, -0.05) is 24.3 Å². The molecule has 1 atom stereocenters. The van der Waals surface area contributed by atoms with Gasteiger partial charge in [0.25, 0.3) is 0 Å². The van der Waals surface area contributed by atoms with Gasteiger partial charge in [-0.25, -0.2) is 4.79 Å². The lowest BCUT2D eigenvalue weighted by Gasteiger charge is -2.23. The fraction of sp³-hybridized carbons (Fsp3) is 0.348. The number of carbonyl (C=O) groups is 3. The second-order valence-corrected chi connectivity index (χ2v) is 7.51. The lowest BCUT2D eigenvalue weighted by atomic mass is 10.1. The highest BCUT2D eigenvalue weighted by Crippen LogP contribution is 2.30. The molecule has 2 amide bonds. The van der Waals surface area contributed by atoms with Crippen LogP contribution in [0.2, 0.25) is 0 Å². The van der Waals surface area contributed by atoms with Crippen LogP contribution >= 0.6 is 0 Å². The lowest BCUT2D eigenvalue weighted by Crippen LogP contribution is -2.34. The molecule has 1 saturated heterocycles. The van der Waals surface area contributed by atoms with Crippen LogP contribution in [0, 0.1) is 19.8 Å². The predicted molar refractivity (Wildman–Crippen MR) is 111 cm³/mol. The van der Waals surface area contributed by atoms with E-state index in [4.69, 9.17) is 4.74 Å². The van der Waals surface area contributed by atoms with E-state index in [1.165, 1.54) is 7.11 Å². The molecular weight excluding hydrogens is 368 g/mol. The Bertz CT molecular complexity index is 936. The summed E-state index contributed by atoms with van der Waals surface area (Å²) in [6, 6.07) is 12.9. The van der Waals surface area contributed by atoms with E-state index in [-0.39, 0.29) is 24.2 Å². The van der Waals surface area contributed by atoms with Crippen LogP contribution in [0.1, 0.15) is 33.5 Å². The maximum Gasteiger partial charge on any atom is 0.337 e. The number of ether oxygens (including phenoxy) is 1. The Kier molecular flexibility index (Phi) is 6.01. The number of methoxy groups -OCH3 is 1. The molecular formula is C23H26N2O4. The van der Waals surface area contributed by atoms with Crippen molar-refractivity contribution < 1.29 is 19.1 Å². The standard InChI is InChI=1S/C23H26N2O4/c1-15-6-5-7-20(16(15)2)25-14-19(12-21(25)26)22(27)24(3)13-17-8-10-18(11-9-17)23(28)29-4/h5-11,19H,12-14H2,1-4H3/t19-/m1/s1. The molecule has 0 N–H and O–H groups in total. The van der Waals surface area contributed by atoms with E-state index in [1.54, 1.807) is 41.1 Å². The molecule has 0 bridgehead atoms. The van der Waals surface area contributed by atoms with Crippen LogP contribution in [-0.2, 0) is 20.9 Å². The average molecular weight is 394 g/mol. The summed E-state index contributed by atoms with van der Waals surface area (Å²) >= 11 is 0. The van der Waals surface area contributed by atoms with Crippen molar-refractivity contribution in [3.05, 3.63) is 64.7 Å². The van der Waals surface area contributed by atoms with Gasteiger partial charge in [-0.2, -0.15) is 0 Å². The first-order valence-corrected chi connectivity index (χ1v) is 9.60. The summed E-state index contributed by atoms with van der Waals surface area (Å²) in [6.07, 6.45) is 0.220. The van der Waals surface area contributed by atoms with Crippen molar-refractivity contribution in [1.82, 2.24) is 4.90 Å². The van der Waals surface area contributed by atoms with Gasteiger partial charge in [0, 0.05) is 32.2 Å². The topological polar surface area (TPSA) is 66.9 Å². The van der Waals surface area contributed by atoms with Crippen molar-refractivity contribution in [2.45, 2.75) is 26.8 Å². The van der Waals surface area contributed by atoms with Crippen molar-refractivity contribution in [3.8, 4) is 0 Å². The normalized spacial score (nSPS) is 16.1. The Morgan fingerprint density at radius 3 is 2.48 bits per heavy atom. The summed E-state index contributed by atoms with van der Waals surface area (Å²) in [5.74, 6) is -0.824. The van der Waals surface area contributed by atoms with Gasteiger partial charge >= 0.3 is 5.97 Å². The number of anilines is 1. The number of carbonyl (C=O) groups excluding carboxylic acids is 3. The maximum absolute atomic E-state index is 12.9. The van der Waals surface area contributed by atoms with Gasteiger partial charge < -0.3 is 14.5 Å². The molecule has 2 aromatic rings. The number of rotatable bonds is 5. The first-order valence-electron chi connectivity index (χ1n) is 9.60. The number of nitrogens with zero attached hydrogens (tertiary/aromatic N) is 2. The smallest absolute Gasteiger partial charge is 0.337 e. The third kappa shape index (κ3) is 4.31. The molecule has 0 spiro atoms. The quantitative estimate of drug-likeness (QED) is 0.731. The molecule has 152 valence electrons. The lowest BCUT2D eigenvalue weighted by molar-refractivity contribution is -0.135. The molecule has 3 rings (SSSR count). The van der Waals surface area contributed by atoms with Crippen LogP contribution in [0.5, 0.6) is 0 Å². The summed E-state index contributed by atoms with van der Waals surface area (Å²) in [7, 11) is 3.08. The molecule has 0 saturated carbocycles. The van der Waals surface area contributed by atoms with Gasteiger partial charge in [-0.05, 0) is 48.7 Å². The number of aryl methyl sites for hydroxylation is 1. The zero-order valence-electron chi connectivity index (χ0n) is 17.3. The van der Waals surface area contributed by atoms with Crippen molar-refractivity contribution in [1.29, 1.82) is 0 Å². The Morgan fingerprint density at radius 1 is 1.14 bits per heavy atom. The molecule has 2 aromatic carbocycles. The number of amides is 2. The second kappa shape index (κ2) is 8.47. The van der Waals surface area contributed by atoms with E-state index in [0.717, 1.165) is 22.4 Å². The molecule has 29 heavy (non-hydrogen) atoms. The molecule has 0 radical (unpaired) electrons. The summed E-state index contributed by atoms with van der Waals surface area (Å²) in [5, 5.41) is 0. The van der Waals surface area contributed by atoms with Gasteiger partial charge in [0.2, 0.25) is 11.8 Å². The monoisotopic (exact) mass is 394 g/mol. The highest BCUT2D eigenvalue weighted by molar-refractivity contribution is 6.00. The Hall–Kier alpha value is -3.15. The summed E-state index contributed by atoms with van der Waals surface area (Å²) in [4.78, 5) is 40.4. The van der Waals surface area contributed by atoms with Gasteiger partial charge in [-0.3, -0.25) is 9.59 Å². The van der Waals surface area contributed by atoms with E-state index >= 15 is 0 Å². The van der Waals surface area contributed by atoms with Gasteiger partial charge in [0.15, 0.2) is 0 Å². The van der Waals surface area contributed by atoms with Crippen LogP contribution in [-0.4, -0.2) is 43.4 Å². The second-order valence-electron chi connectivity index (χ2n) is 7.51. The molecule has 1 aliphatic heterocycles. The highest BCUT2D eigenvalue weighted by atomic mass is 16.5. The Labute approximate surface area is 171 Å². The van der Waals surface area contributed by atoms with Crippen LogP contribution in [0.4, 0.5) is 5.69 Å². The molecule has 6 heteroatoms. The summed E-state index contributed by atoms with van der Waals surface area (Å²) in [5.41, 5.74) is 4.44. The molecule has 0 aromatic heterocycles. The van der Waals surface area contributed by atoms with Gasteiger partial charge in [0.1, 0.15) is 0 Å². The minimum atomic E-state index is -0.392. The van der Waals surface area contributed by atoms with Crippen molar-refractivity contribution in [2.75, 3.05) is 25.6 Å². The van der Waals surface area contributed by atoms with Crippen LogP contribution in [0.25, 0.3) is 0 Å². The fourth-order valence-electron chi connectivity index (χ4n) is 3.66. The molecule has 6 nitrogen and oxygen atoms in total. The van der Waals surface area contributed by atoms with E-state index in [9.17, 15) is 14.4 Å². The first-order chi connectivity index (χ1) is 13.8. The number of esters is 1. The molecule has 1 fully saturated rings. The van der Waals surface area contributed by atoms with Crippen molar-refractivity contribution >= 4 is 23.5 Å². The number of hydrogen-bond donors (Lipinski definition) is 0. The number of benzene rings is 2. The summed E-state index contributed by atoms with van der Waals surface area (Å²) < 4.78 is 4.70. The van der Waals surface area contributed by atoms with Crippen LogP contribution < -0.4 is 4.90 Å². The summed E-state index contributed by atoms with van der Waals surface area (Å²) in [6.45, 7) is 4.82. The zero-order valence-corrected chi connectivity index (χ0v) is 17.3. The van der Waals surface area contributed by atoms with E-state index in [0.29, 0.717) is 18.7 Å². The third-order valence-electron chi connectivity index (χ3n) is 5.51. The molecule has 0 unspecified atom stereocenters. The van der Waals surface area contributed by atoms with Gasteiger partial charge in [-0.15, -0.1) is 0 Å². The highest BCUT2D eigenvalue weighted by Gasteiger charge is 2.37.